The molecule has 0 bridgehead atoms. The van der Waals surface area contributed by atoms with Gasteiger partial charge in [0.25, 0.3) is 0 Å². The summed E-state index contributed by atoms with van der Waals surface area (Å²) in [5, 5.41) is 0.879. The van der Waals surface area contributed by atoms with E-state index in [0.717, 1.165) is 16.5 Å². The zero-order chi connectivity index (χ0) is 21.0. The van der Waals surface area contributed by atoms with Gasteiger partial charge in [0.05, 0.1) is 6.54 Å². The van der Waals surface area contributed by atoms with Gasteiger partial charge in [-0.1, -0.05) is 24.3 Å². The van der Waals surface area contributed by atoms with Crippen molar-refractivity contribution in [3.63, 3.8) is 0 Å². The third-order valence-corrected chi connectivity index (χ3v) is 4.98. The van der Waals surface area contributed by atoms with Crippen molar-refractivity contribution in [2.75, 3.05) is 20.2 Å². The van der Waals surface area contributed by atoms with Crippen LogP contribution in [0.25, 0.3) is 11.0 Å². The second-order valence-corrected chi connectivity index (χ2v) is 7.09. The van der Waals surface area contributed by atoms with Crippen molar-refractivity contribution >= 4 is 16.9 Å². The monoisotopic (exact) mass is 397 g/mol. The van der Waals surface area contributed by atoms with Gasteiger partial charge in [-0.05, 0) is 49.6 Å². The molecule has 0 spiro atoms. The van der Waals surface area contributed by atoms with Crippen LogP contribution in [0.5, 0.6) is 5.75 Å². The molecule has 1 heterocycles. The summed E-state index contributed by atoms with van der Waals surface area (Å²) in [4.78, 5) is 26.3. The Labute approximate surface area is 168 Å². The van der Waals surface area contributed by atoms with E-state index in [0.29, 0.717) is 24.1 Å². The number of likely N-dealkylation sites (N-methyl/N-ethyl adjacent to an activating group) is 1. The van der Waals surface area contributed by atoms with E-state index in [2.05, 4.69) is 0 Å². The van der Waals surface area contributed by atoms with E-state index in [1.165, 1.54) is 11.0 Å². The largest absolute Gasteiger partial charge is 0.489 e. The number of rotatable bonds is 7. The lowest BCUT2D eigenvalue weighted by atomic mass is 10.0. The van der Waals surface area contributed by atoms with Gasteiger partial charge in [0.15, 0.2) is 11.6 Å². The summed E-state index contributed by atoms with van der Waals surface area (Å²) in [6.07, 6.45) is 0.481. The number of carbonyl (C=O) groups is 1. The van der Waals surface area contributed by atoms with Crippen molar-refractivity contribution in [2.45, 2.75) is 26.7 Å². The van der Waals surface area contributed by atoms with Gasteiger partial charge >= 0.3 is 5.63 Å². The quantitative estimate of drug-likeness (QED) is 0.565. The molecule has 0 saturated heterocycles. The fraction of sp³-hybridized carbons (Fsp3) is 0.304. The predicted octanol–water partition coefficient (Wildman–Crippen LogP) is 4.02. The van der Waals surface area contributed by atoms with Gasteiger partial charge in [-0.15, -0.1) is 0 Å². The molecule has 0 aliphatic rings. The Hall–Kier alpha value is -3.15. The number of hydrogen-bond donors (Lipinski definition) is 0. The van der Waals surface area contributed by atoms with Gasteiger partial charge in [-0.3, -0.25) is 4.79 Å². The van der Waals surface area contributed by atoms with Crippen LogP contribution in [0.2, 0.25) is 0 Å². The maximum Gasteiger partial charge on any atom is 0.339 e. The minimum absolute atomic E-state index is 0.120. The van der Waals surface area contributed by atoms with Crippen LogP contribution < -0.4 is 10.4 Å². The van der Waals surface area contributed by atoms with Crippen LogP contribution in [-0.4, -0.2) is 31.0 Å². The van der Waals surface area contributed by atoms with Crippen LogP contribution in [0.4, 0.5) is 4.39 Å². The van der Waals surface area contributed by atoms with Crippen LogP contribution in [0.3, 0.4) is 0 Å². The Balaban J connectivity index is 1.59. The zero-order valence-electron chi connectivity index (χ0n) is 16.8. The molecule has 0 fully saturated rings. The second kappa shape index (κ2) is 8.90. The SMILES string of the molecule is Cc1ccc2c(C)c(CCC(=O)N(C)CCOc3ccccc3F)c(=O)oc2c1. The Morgan fingerprint density at radius 2 is 1.93 bits per heavy atom. The Morgan fingerprint density at radius 1 is 1.17 bits per heavy atom. The summed E-state index contributed by atoms with van der Waals surface area (Å²) in [7, 11) is 1.66. The lowest BCUT2D eigenvalue weighted by molar-refractivity contribution is -0.130. The van der Waals surface area contributed by atoms with E-state index in [1.54, 1.807) is 25.2 Å². The molecule has 3 aromatic rings. The Bertz CT molecular complexity index is 1090. The van der Waals surface area contributed by atoms with Crippen molar-refractivity contribution < 1.29 is 18.3 Å². The molecular weight excluding hydrogens is 373 g/mol. The highest BCUT2D eigenvalue weighted by molar-refractivity contribution is 5.82. The summed E-state index contributed by atoms with van der Waals surface area (Å²) in [6, 6.07) is 11.9. The summed E-state index contributed by atoms with van der Waals surface area (Å²) >= 11 is 0. The first-order valence-electron chi connectivity index (χ1n) is 9.51. The minimum Gasteiger partial charge on any atom is -0.489 e. The fourth-order valence-electron chi connectivity index (χ4n) is 3.19. The normalized spacial score (nSPS) is 10.9. The number of amides is 1. The van der Waals surface area contributed by atoms with Crippen LogP contribution in [-0.2, 0) is 11.2 Å². The molecule has 5 nitrogen and oxygen atoms in total. The number of halogens is 1. The average molecular weight is 397 g/mol. The fourth-order valence-corrected chi connectivity index (χ4v) is 3.19. The number of aryl methyl sites for hydroxylation is 2. The summed E-state index contributed by atoms with van der Waals surface area (Å²) < 4.78 is 24.4. The summed E-state index contributed by atoms with van der Waals surface area (Å²) in [6.45, 7) is 4.31. The van der Waals surface area contributed by atoms with Gasteiger partial charge in [-0.2, -0.15) is 0 Å². The van der Waals surface area contributed by atoms with Crippen molar-refractivity contribution in [2.24, 2.45) is 0 Å². The van der Waals surface area contributed by atoms with Crippen molar-refractivity contribution in [3.8, 4) is 5.75 Å². The molecular formula is C23H24FNO4. The molecule has 2 aromatic carbocycles. The highest BCUT2D eigenvalue weighted by Gasteiger charge is 2.15. The van der Waals surface area contributed by atoms with E-state index in [9.17, 15) is 14.0 Å². The standard InChI is InChI=1S/C23H24FNO4/c1-15-8-9-17-16(2)18(23(27)29-21(17)14-15)10-11-22(26)25(3)12-13-28-20-7-5-4-6-19(20)24/h4-9,14H,10-13H2,1-3H3. The smallest absolute Gasteiger partial charge is 0.339 e. The van der Waals surface area contributed by atoms with Gasteiger partial charge < -0.3 is 14.1 Å². The molecule has 1 aromatic heterocycles. The molecule has 0 N–H and O–H groups in total. The van der Waals surface area contributed by atoms with E-state index < -0.39 is 11.4 Å². The van der Waals surface area contributed by atoms with E-state index in [4.69, 9.17) is 9.15 Å². The molecule has 0 saturated carbocycles. The van der Waals surface area contributed by atoms with Crippen molar-refractivity contribution in [1.82, 2.24) is 4.90 Å². The lowest BCUT2D eigenvalue weighted by Gasteiger charge is -2.18. The molecule has 0 unspecified atom stereocenters. The molecule has 1 amide bonds. The number of fused-ring (bicyclic) bond motifs is 1. The molecule has 0 atom stereocenters. The third-order valence-electron chi connectivity index (χ3n) is 4.98. The van der Waals surface area contributed by atoms with Crippen LogP contribution in [0.1, 0.15) is 23.1 Å². The molecule has 152 valence electrons. The zero-order valence-corrected chi connectivity index (χ0v) is 16.8. The number of carbonyl (C=O) groups excluding carboxylic acids is 1. The van der Waals surface area contributed by atoms with Gasteiger partial charge in [0.1, 0.15) is 12.2 Å². The van der Waals surface area contributed by atoms with Crippen LogP contribution in [0.15, 0.2) is 51.7 Å². The lowest BCUT2D eigenvalue weighted by Crippen LogP contribution is -2.31. The third kappa shape index (κ3) is 4.83. The molecule has 6 heteroatoms. The molecule has 0 aliphatic heterocycles. The summed E-state index contributed by atoms with van der Waals surface area (Å²) in [5.74, 6) is -0.395. The molecule has 3 rings (SSSR count). The van der Waals surface area contributed by atoms with Gasteiger partial charge in [0, 0.05) is 24.4 Å². The first-order chi connectivity index (χ1) is 13.9. The highest BCUT2D eigenvalue weighted by Crippen LogP contribution is 2.21. The second-order valence-electron chi connectivity index (χ2n) is 7.09. The number of benzene rings is 2. The minimum atomic E-state index is -0.435. The number of hydrogen-bond acceptors (Lipinski definition) is 4. The maximum atomic E-state index is 13.5. The van der Waals surface area contributed by atoms with Crippen LogP contribution in [0, 0.1) is 19.7 Å². The molecule has 29 heavy (non-hydrogen) atoms. The topological polar surface area (TPSA) is 59.8 Å². The predicted molar refractivity (Wildman–Crippen MR) is 110 cm³/mol. The van der Waals surface area contributed by atoms with E-state index in [1.807, 2.05) is 32.0 Å². The maximum absolute atomic E-state index is 13.5. The van der Waals surface area contributed by atoms with Gasteiger partial charge in [-0.25, -0.2) is 9.18 Å². The molecule has 0 radical (unpaired) electrons. The Kier molecular flexibility index (Phi) is 6.32. The van der Waals surface area contributed by atoms with E-state index >= 15 is 0 Å². The first kappa shape index (κ1) is 20.6. The van der Waals surface area contributed by atoms with Crippen LogP contribution >= 0.6 is 0 Å². The van der Waals surface area contributed by atoms with Crippen molar-refractivity contribution in [1.29, 1.82) is 0 Å². The Morgan fingerprint density at radius 3 is 2.69 bits per heavy atom. The number of para-hydroxylation sites is 1. The highest BCUT2D eigenvalue weighted by atomic mass is 19.1. The molecule has 0 aliphatic carbocycles. The number of ether oxygens (including phenoxy) is 1. The van der Waals surface area contributed by atoms with Crippen molar-refractivity contribution in [3.05, 3.63) is 75.4 Å². The average Bonchev–Trinajstić information content (AvgIpc) is 2.68. The summed E-state index contributed by atoms with van der Waals surface area (Å²) in [5.41, 5.74) is 2.53. The first-order valence-corrected chi connectivity index (χ1v) is 9.51. The van der Waals surface area contributed by atoms with Gasteiger partial charge in [0.2, 0.25) is 5.91 Å². The number of nitrogens with zero attached hydrogens (tertiary/aromatic N) is 1. The van der Waals surface area contributed by atoms with E-state index in [-0.39, 0.29) is 24.7 Å².